The van der Waals surface area contributed by atoms with Crippen LogP contribution in [-0.4, -0.2) is 28.0 Å². The molecule has 6 nitrogen and oxygen atoms in total. The van der Waals surface area contributed by atoms with Crippen molar-refractivity contribution in [3.63, 3.8) is 0 Å². The molecule has 3 aromatic rings. The van der Waals surface area contributed by atoms with Crippen molar-refractivity contribution in [3.05, 3.63) is 50.9 Å². The molecule has 1 aliphatic rings. The number of hydrogen-bond donors (Lipinski definition) is 1. The van der Waals surface area contributed by atoms with Gasteiger partial charge in [-0.25, -0.2) is 0 Å². The molecule has 28 heavy (non-hydrogen) atoms. The molecule has 0 unspecified atom stereocenters. The summed E-state index contributed by atoms with van der Waals surface area (Å²) >= 11 is 8.63. The van der Waals surface area contributed by atoms with Crippen LogP contribution in [0.1, 0.15) is 18.7 Å². The summed E-state index contributed by atoms with van der Waals surface area (Å²) in [4.78, 5) is 4.60. The number of rotatable bonds is 4. The van der Waals surface area contributed by atoms with Crippen LogP contribution in [0.5, 0.6) is 11.6 Å². The molecule has 2 aromatic carbocycles. The predicted molar refractivity (Wildman–Crippen MR) is 117 cm³/mol. The van der Waals surface area contributed by atoms with Crippen molar-refractivity contribution in [1.29, 1.82) is 0 Å². The maximum Gasteiger partial charge on any atom is 0.247 e. The quantitative estimate of drug-likeness (QED) is 0.440. The summed E-state index contributed by atoms with van der Waals surface area (Å²) < 4.78 is 13.7. The van der Waals surface area contributed by atoms with Gasteiger partial charge in [-0.2, -0.15) is 4.98 Å². The molecule has 0 saturated heterocycles. The first-order valence-electron chi connectivity index (χ1n) is 8.53. The van der Waals surface area contributed by atoms with Gasteiger partial charge in [0.2, 0.25) is 17.3 Å². The lowest BCUT2D eigenvalue weighted by molar-refractivity contribution is 0.219. The molecule has 0 spiro atoms. The average Bonchev–Trinajstić information content (AvgIpc) is 2.84. The van der Waals surface area contributed by atoms with Gasteiger partial charge in [-0.1, -0.05) is 52.8 Å². The Kier molecular flexibility index (Phi) is 5.75. The van der Waals surface area contributed by atoms with Crippen molar-refractivity contribution in [2.45, 2.75) is 18.3 Å². The highest BCUT2D eigenvalue weighted by atomic mass is 79.9. The summed E-state index contributed by atoms with van der Waals surface area (Å²) in [6.45, 7) is 2.05. The molecule has 0 aliphatic carbocycles. The Balaban J connectivity index is 1.88. The Morgan fingerprint density at radius 3 is 2.82 bits per heavy atom. The third-order valence-corrected chi connectivity index (χ3v) is 5.90. The lowest BCUT2D eigenvalue weighted by atomic mass is 10.1. The van der Waals surface area contributed by atoms with Crippen molar-refractivity contribution in [2.75, 3.05) is 18.2 Å². The lowest BCUT2D eigenvalue weighted by Crippen LogP contribution is -2.18. The third kappa shape index (κ3) is 3.70. The number of para-hydroxylation sites is 1. The van der Waals surface area contributed by atoms with E-state index in [0.717, 1.165) is 31.5 Å². The van der Waals surface area contributed by atoms with Gasteiger partial charge in [0.1, 0.15) is 5.75 Å². The molecule has 4 rings (SSSR count). The van der Waals surface area contributed by atoms with Crippen LogP contribution < -0.4 is 14.8 Å². The zero-order chi connectivity index (χ0) is 19.7. The van der Waals surface area contributed by atoms with Gasteiger partial charge in [-0.15, -0.1) is 10.2 Å². The molecule has 1 atom stereocenters. The Labute approximate surface area is 183 Å². The molecule has 0 saturated carbocycles. The van der Waals surface area contributed by atoms with Gasteiger partial charge in [0, 0.05) is 15.7 Å². The van der Waals surface area contributed by atoms with Gasteiger partial charge in [-0.05, 0) is 39.9 Å². The summed E-state index contributed by atoms with van der Waals surface area (Å²) in [5.41, 5.74) is 3.21. The van der Waals surface area contributed by atoms with Crippen LogP contribution in [0, 0.1) is 0 Å². The van der Waals surface area contributed by atoms with Crippen molar-refractivity contribution in [2.24, 2.45) is 0 Å². The van der Waals surface area contributed by atoms with Crippen LogP contribution in [0.25, 0.3) is 11.3 Å². The van der Waals surface area contributed by atoms with Crippen LogP contribution in [0.3, 0.4) is 0 Å². The second-order valence-electron chi connectivity index (χ2n) is 5.88. The number of hydrogen-bond acceptors (Lipinski definition) is 7. The van der Waals surface area contributed by atoms with Gasteiger partial charge >= 0.3 is 0 Å². The van der Waals surface area contributed by atoms with Crippen LogP contribution in [0.4, 0.5) is 5.69 Å². The number of nitrogens with zero attached hydrogens (tertiary/aromatic N) is 3. The molecular formula is C19H16Br2N4O2S. The molecular weight excluding hydrogens is 508 g/mol. The molecule has 1 N–H and O–H groups in total. The first-order chi connectivity index (χ1) is 13.6. The highest BCUT2D eigenvalue weighted by molar-refractivity contribution is 9.11. The Morgan fingerprint density at radius 2 is 2.04 bits per heavy atom. The van der Waals surface area contributed by atoms with Crippen LogP contribution >= 0.6 is 43.6 Å². The summed E-state index contributed by atoms with van der Waals surface area (Å²) in [6.07, 6.45) is -0.526. The maximum absolute atomic E-state index is 6.31. The van der Waals surface area contributed by atoms with Crippen LogP contribution in [0.15, 0.2) is 50.5 Å². The van der Waals surface area contributed by atoms with Gasteiger partial charge < -0.3 is 14.8 Å². The summed E-state index contributed by atoms with van der Waals surface area (Å²) in [5, 5.41) is 12.7. The number of nitrogens with one attached hydrogen (secondary N) is 1. The molecule has 9 heteroatoms. The molecule has 2 heterocycles. The Bertz CT molecular complexity index is 1030. The summed E-state index contributed by atoms with van der Waals surface area (Å²) in [7, 11) is 1.63. The van der Waals surface area contributed by atoms with E-state index in [9.17, 15) is 0 Å². The molecule has 1 aromatic heterocycles. The SMILES string of the molecule is CCSc1nnc2c(n1)O[C@H](c1cc(Br)cc(Br)c1OC)Nc1ccccc1-2. The minimum Gasteiger partial charge on any atom is -0.495 e. The first-order valence-corrected chi connectivity index (χ1v) is 11.1. The number of ether oxygens (including phenoxy) is 2. The number of methoxy groups -OCH3 is 1. The van der Waals surface area contributed by atoms with Crippen molar-refractivity contribution >= 4 is 49.3 Å². The molecule has 0 amide bonds. The normalized spacial score (nSPS) is 14.9. The van der Waals surface area contributed by atoms with Crippen molar-refractivity contribution in [3.8, 4) is 22.9 Å². The molecule has 144 valence electrons. The fraction of sp³-hybridized carbons (Fsp3) is 0.211. The van der Waals surface area contributed by atoms with Gasteiger partial charge in [0.15, 0.2) is 5.69 Å². The second-order valence-corrected chi connectivity index (χ2v) is 8.88. The highest BCUT2D eigenvalue weighted by Crippen LogP contribution is 2.43. The molecule has 0 fully saturated rings. The van der Waals surface area contributed by atoms with E-state index in [1.165, 1.54) is 11.8 Å². The van der Waals surface area contributed by atoms with E-state index in [2.05, 4.69) is 52.4 Å². The van der Waals surface area contributed by atoms with Crippen LogP contribution in [0.2, 0.25) is 0 Å². The standard InChI is InChI=1S/C19H16Br2N4O2S/c1-3-28-19-23-18-15(24-25-19)11-6-4-5-7-14(11)22-17(27-18)12-8-10(20)9-13(21)16(12)26-2/h4-9,17,22H,3H2,1-2H3/t17-/m1/s1. The van der Waals surface area contributed by atoms with E-state index in [1.54, 1.807) is 7.11 Å². The predicted octanol–water partition coefficient (Wildman–Crippen LogP) is 5.69. The second kappa shape index (κ2) is 8.26. The van der Waals surface area contributed by atoms with Crippen molar-refractivity contribution < 1.29 is 9.47 Å². The number of benzene rings is 2. The number of halogens is 2. The highest BCUT2D eigenvalue weighted by Gasteiger charge is 2.28. The average molecular weight is 524 g/mol. The fourth-order valence-electron chi connectivity index (χ4n) is 2.97. The Hall–Kier alpha value is -1.84. The lowest BCUT2D eigenvalue weighted by Gasteiger charge is -2.22. The summed E-state index contributed by atoms with van der Waals surface area (Å²) in [5.74, 6) is 1.98. The first kappa shape index (κ1) is 19.5. The van der Waals surface area contributed by atoms with E-state index in [-0.39, 0.29) is 0 Å². The van der Waals surface area contributed by atoms with E-state index in [1.807, 2.05) is 43.3 Å². The van der Waals surface area contributed by atoms with E-state index >= 15 is 0 Å². The third-order valence-electron chi connectivity index (χ3n) is 4.13. The topological polar surface area (TPSA) is 69.2 Å². The van der Waals surface area contributed by atoms with Gasteiger partial charge in [0.25, 0.3) is 0 Å². The van der Waals surface area contributed by atoms with Gasteiger partial charge in [0.05, 0.1) is 17.1 Å². The van der Waals surface area contributed by atoms with Gasteiger partial charge in [-0.3, -0.25) is 0 Å². The molecule has 1 aliphatic heterocycles. The minimum absolute atomic E-state index is 0.437. The zero-order valence-corrected chi connectivity index (χ0v) is 19.1. The summed E-state index contributed by atoms with van der Waals surface area (Å²) in [6, 6.07) is 11.8. The number of aromatic nitrogens is 3. The number of anilines is 1. The smallest absolute Gasteiger partial charge is 0.247 e. The number of thioether (sulfide) groups is 1. The van der Waals surface area contributed by atoms with E-state index in [4.69, 9.17) is 9.47 Å². The number of fused-ring (bicyclic) bond motifs is 3. The monoisotopic (exact) mass is 522 g/mol. The van der Waals surface area contributed by atoms with E-state index < -0.39 is 6.23 Å². The maximum atomic E-state index is 6.31. The van der Waals surface area contributed by atoms with Crippen molar-refractivity contribution in [1.82, 2.24) is 15.2 Å². The largest absolute Gasteiger partial charge is 0.495 e. The molecule has 0 bridgehead atoms. The fourth-order valence-corrected chi connectivity index (χ4v) is 4.89. The Morgan fingerprint density at radius 1 is 1.21 bits per heavy atom. The molecule has 0 radical (unpaired) electrons. The van der Waals surface area contributed by atoms with Crippen LogP contribution in [-0.2, 0) is 0 Å². The minimum atomic E-state index is -0.526. The van der Waals surface area contributed by atoms with E-state index in [0.29, 0.717) is 22.5 Å². The zero-order valence-electron chi connectivity index (χ0n) is 15.1.